The molecule has 118 valence electrons. The molecule has 9 heteroatoms. The van der Waals surface area contributed by atoms with E-state index in [4.69, 9.17) is 9.47 Å². The van der Waals surface area contributed by atoms with Crippen molar-refractivity contribution in [2.45, 2.75) is 18.7 Å². The van der Waals surface area contributed by atoms with Gasteiger partial charge in [0.2, 0.25) is 0 Å². The van der Waals surface area contributed by atoms with Gasteiger partial charge < -0.3 is 14.4 Å². The minimum atomic E-state index is -4.54. The monoisotopic (exact) mass is 307 g/mol. The second-order valence-corrected chi connectivity index (χ2v) is 4.69. The van der Waals surface area contributed by atoms with E-state index in [0.29, 0.717) is 32.7 Å². The number of carbonyl (C=O) groups is 1. The first-order valence-corrected chi connectivity index (χ1v) is 6.44. The number of rotatable bonds is 4. The highest BCUT2D eigenvalue weighted by molar-refractivity contribution is 5.92. The molecule has 0 bridgehead atoms. The highest BCUT2D eigenvalue weighted by Gasteiger charge is 2.35. The predicted molar refractivity (Wildman–Crippen MR) is 65.7 cm³/mol. The van der Waals surface area contributed by atoms with Gasteiger partial charge in [-0.15, -0.1) is 0 Å². The molecule has 21 heavy (non-hydrogen) atoms. The fourth-order valence-electron chi connectivity index (χ4n) is 2.07. The summed E-state index contributed by atoms with van der Waals surface area (Å²) in [5.74, 6) is -0.535. The van der Waals surface area contributed by atoms with Gasteiger partial charge in [-0.25, -0.2) is 0 Å². The van der Waals surface area contributed by atoms with E-state index in [-0.39, 0.29) is 11.8 Å². The Hall–Kier alpha value is -1.61. The lowest BCUT2D eigenvalue weighted by Gasteiger charge is -2.32. The van der Waals surface area contributed by atoms with Gasteiger partial charge in [-0.2, -0.15) is 18.3 Å². The van der Waals surface area contributed by atoms with E-state index in [0.717, 1.165) is 6.07 Å². The van der Waals surface area contributed by atoms with Crippen LogP contribution in [-0.4, -0.2) is 60.5 Å². The first-order valence-electron chi connectivity index (χ1n) is 6.44. The van der Waals surface area contributed by atoms with Crippen molar-refractivity contribution in [1.29, 1.82) is 0 Å². The van der Waals surface area contributed by atoms with E-state index in [2.05, 4.69) is 5.10 Å². The summed E-state index contributed by atoms with van der Waals surface area (Å²) in [6.45, 7) is 1.48. The predicted octanol–water partition coefficient (Wildman–Crippen LogP) is 1.31. The number of nitrogens with zero attached hydrogens (tertiary/aromatic N) is 2. The average Bonchev–Trinajstić information content (AvgIpc) is 2.94. The molecule has 0 aromatic carbocycles. The van der Waals surface area contributed by atoms with Gasteiger partial charge in [0, 0.05) is 32.9 Å². The summed E-state index contributed by atoms with van der Waals surface area (Å²) in [7, 11) is 1.56. The number of carbonyl (C=O) groups excluding carboxylic acids is 1. The zero-order valence-electron chi connectivity index (χ0n) is 11.4. The Labute approximate surface area is 119 Å². The summed E-state index contributed by atoms with van der Waals surface area (Å²) in [6, 6.07) is 0.724. The molecular formula is C12H16F3N3O3. The van der Waals surface area contributed by atoms with Crippen LogP contribution in [-0.2, 0) is 15.7 Å². The molecule has 1 aromatic rings. The summed E-state index contributed by atoms with van der Waals surface area (Å²) >= 11 is 0. The molecule has 2 rings (SSSR count). The van der Waals surface area contributed by atoms with Crippen LogP contribution in [0.3, 0.4) is 0 Å². The van der Waals surface area contributed by atoms with E-state index in [1.54, 1.807) is 7.11 Å². The number of halogens is 3. The minimum Gasteiger partial charge on any atom is -0.385 e. The van der Waals surface area contributed by atoms with Crippen molar-refractivity contribution in [3.8, 4) is 0 Å². The van der Waals surface area contributed by atoms with Crippen molar-refractivity contribution in [3.63, 3.8) is 0 Å². The Kier molecular flexibility index (Phi) is 4.84. The maximum Gasteiger partial charge on any atom is 0.432 e. The van der Waals surface area contributed by atoms with Crippen molar-refractivity contribution >= 4 is 5.91 Å². The number of H-pyrrole nitrogens is 1. The van der Waals surface area contributed by atoms with Crippen molar-refractivity contribution in [2.24, 2.45) is 0 Å². The van der Waals surface area contributed by atoms with Crippen molar-refractivity contribution < 1.29 is 27.4 Å². The van der Waals surface area contributed by atoms with Crippen LogP contribution in [0.5, 0.6) is 0 Å². The van der Waals surface area contributed by atoms with E-state index in [9.17, 15) is 18.0 Å². The maximum absolute atomic E-state index is 12.5. The molecule has 1 N–H and O–H groups in total. The van der Waals surface area contributed by atoms with Crippen LogP contribution in [0.25, 0.3) is 0 Å². The normalized spacial score (nSPS) is 19.8. The fourth-order valence-corrected chi connectivity index (χ4v) is 2.07. The van der Waals surface area contributed by atoms with E-state index in [1.165, 1.54) is 4.90 Å². The van der Waals surface area contributed by atoms with Gasteiger partial charge in [-0.05, 0) is 6.42 Å². The highest BCUT2D eigenvalue weighted by Crippen LogP contribution is 2.28. The quantitative estimate of drug-likeness (QED) is 0.910. The van der Waals surface area contributed by atoms with Crippen LogP contribution in [0.2, 0.25) is 0 Å². The summed E-state index contributed by atoms with van der Waals surface area (Å²) in [4.78, 5) is 13.6. The first-order chi connectivity index (χ1) is 9.91. The third-order valence-corrected chi connectivity index (χ3v) is 3.17. The lowest BCUT2D eigenvalue weighted by atomic mass is 10.2. The molecule has 1 atom stereocenters. The van der Waals surface area contributed by atoms with Crippen LogP contribution in [0.1, 0.15) is 22.6 Å². The number of alkyl halides is 3. The van der Waals surface area contributed by atoms with Crippen LogP contribution < -0.4 is 0 Å². The Balaban J connectivity index is 2.00. The van der Waals surface area contributed by atoms with Crippen LogP contribution in [0.15, 0.2) is 6.07 Å². The molecule has 0 spiro atoms. The van der Waals surface area contributed by atoms with Gasteiger partial charge in [0.15, 0.2) is 5.69 Å². The molecule has 1 amide bonds. The first kappa shape index (κ1) is 15.8. The van der Waals surface area contributed by atoms with Crippen LogP contribution in [0, 0.1) is 0 Å². The number of hydrogen-bond donors (Lipinski definition) is 1. The van der Waals surface area contributed by atoms with E-state index < -0.39 is 17.8 Å². The molecular weight excluding hydrogens is 291 g/mol. The van der Waals surface area contributed by atoms with Crippen LogP contribution in [0.4, 0.5) is 13.2 Å². The topological polar surface area (TPSA) is 67.5 Å². The van der Waals surface area contributed by atoms with Crippen molar-refractivity contribution in [2.75, 3.05) is 33.4 Å². The Morgan fingerprint density at radius 3 is 3.00 bits per heavy atom. The summed E-state index contributed by atoms with van der Waals surface area (Å²) in [6.07, 6.45) is -4.10. The standard InChI is InChI=1S/C12H16F3N3O3/c1-20-4-2-8-7-18(3-5-21-8)11(19)9-6-10(17-16-9)12(13,14)15/h6,8H,2-5,7H2,1H3,(H,16,17)/t8-/m0/s1. The van der Waals surface area contributed by atoms with Gasteiger partial charge >= 0.3 is 6.18 Å². The number of methoxy groups -OCH3 is 1. The maximum atomic E-state index is 12.5. The Bertz CT molecular complexity index is 490. The number of aromatic amines is 1. The van der Waals surface area contributed by atoms with Crippen molar-refractivity contribution in [3.05, 3.63) is 17.5 Å². The van der Waals surface area contributed by atoms with Gasteiger partial charge in [0.25, 0.3) is 5.91 Å². The van der Waals surface area contributed by atoms with E-state index >= 15 is 0 Å². The molecule has 0 saturated carbocycles. The summed E-state index contributed by atoms with van der Waals surface area (Å²) in [5, 5.41) is 5.28. The fraction of sp³-hybridized carbons (Fsp3) is 0.667. The number of nitrogens with one attached hydrogen (secondary N) is 1. The van der Waals surface area contributed by atoms with Gasteiger partial charge in [-0.1, -0.05) is 0 Å². The number of ether oxygens (including phenoxy) is 2. The number of morpholine rings is 1. The average molecular weight is 307 g/mol. The number of aromatic nitrogens is 2. The smallest absolute Gasteiger partial charge is 0.385 e. The van der Waals surface area contributed by atoms with Gasteiger partial charge in [0.05, 0.1) is 12.7 Å². The molecule has 1 fully saturated rings. The van der Waals surface area contributed by atoms with Crippen LogP contribution >= 0.6 is 0 Å². The van der Waals surface area contributed by atoms with E-state index in [1.807, 2.05) is 5.10 Å². The minimum absolute atomic E-state index is 0.177. The Morgan fingerprint density at radius 2 is 2.38 bits per heavy atom. The SMILES string of the molecule is COCC[C@H]1CN(C(=O)c2cc(C(F)(F)F)[nH]n2)CCO1. The molecule has 0 radical (unpaired) electrons. The highest BCUT2D eigenvalue weighted by atomic mass is 19.4. The molecule has 1 aliphatic heterocycles. The second kappa shape index (κ2) is 6.44. The van der Waals surface area contributed by atoms with Gasteiger partial charge in [0.1, 0.15) is 5.69 Å². The molecule has 6 nitrogen and oxygen atoms in total. The molecule has 1 saturated heterocycles. The number of hydrogen-bond acceptors (Lipinski definition) is 4. The zero-order chi connectivity index (χ0) is 15.5. The molecule has 0 aliphatic carbocycles. The Morgan fingerprint density at radius 1 is 1.62 bits per heavy atom. The zero-order valence-corrected chi connectivity index (χ0v) is 11.4. The molecule has 1 aliphatic rings. The summed E-state index contributed by atoms with van der Waals surface area (Å²) < 4.78 is 47.8. The second-order valence-electron chi connectivity index (χ2n) is 4.69. The lowest BCUT2D eigenvalue weighted by molar-refractivity contribution is -0.141. The summed E-state index contributed by atoms with van der Waals surface area (Å²) in [5.41, 5.74) is -1.27. The third-order valence-electron chi connectivity index (χ3n) is 3.17. The lowest BCUT2D eigenvalue weighted by Crippen LogP contribution is -2.46. The van der Waals surface area contributed by atoms with Gasteiger partial charge in [-0.3, -0.25) is 9.89 Å². The third kappa shape index (κ3) is 3.94. The molecule has 0 unspecified atom stereocenters. The van der Waals surface area contributed by atoms with Crippen molar-refractivity contribution in [1.82, 2.24) is 15.1 Å². The largest absolute Gasteiger partial charge is 0.432 e. The molecule has 1 aromatic heterocycles. The molecule has 2 heterocycles. The number of amides is 1.